The maximum atomic E-state index is 14.1. The predicted octanol–water partition coefficient (Wildman–Crippen LogP) is 3.49. The van der Waals surface area contributed by atoms with Gasteiger partial charge in [-0.2, -0.15) is 4.98 Å². The standard InChI is InChI=1S/C21H28FN5/c1-16-6-5-9-27(15-16)20-14-17(2)23-21(24-20)26-12-10-25(11-13-26)19-8-4-3-7-18(19)22/h3-4,7-8,14,16H,5-6,9-13,15H2,1-2H3. The van der Waals surface area contributed by atoms with E-state index in [4.69, 9.17) is 4.98 Å². The van der Waals surface area contributed by atoms with Gasteiger partial charge in [0.05, 0.1) is 5.69 Å². The van der Waals surface area contributed by atoms with E-state index in [1.165, 1.54) is 18.9 Å². The summed E-state index contributed by atoms with van der Waals surface area (Å²) in [7, 11) is 0. The molecule has 0 bridgehead atoms. The van der Waals surface area contributed by atoms with Crippen LogP contribution in [0.5, 0.6) is 0 Å². The lowest BCUT2D eigenvalue weighted by molar-refractivity contribution is 0.444. The minimum absolute atomic E-state index is 0.153. The van der Waals surface area contributed by atoms with Gasteiger partial charge in [0.25, 0.3) is 0 Å². The smallest absolute Gasteiger partial charge is 0.227 e. The molecule has 0 aliphatic carbocycles. The van der Waals surface area contributed by atoms with Crippen LogP contribution in [0.15, 0.2) is 30.3 Å². The third-order valence-electron chi connectivity index (χ3n) is 5.57. The van der Waals surface area contributed by atoms with Gasteiger partial charge in [-0.15, -0.1) is 0 Å². The van der Waals surface area contributed by atoms with Gasteiger partial charge in [-0.25, -0.2) is 9.37 Å². The molecule has 0 saturated carbocycles. The topological polar surface area (TPSA) is 35.5 Å². The van der Waals surface area contributed by atoms with E-state index in [9.17, 15) is 4.39 Å². The fraction of sp³-hybridized carbons (Fsp3) is 0.524. The molecule has 3 heterocycles. The van der Waals surface area contributed by atoms with Crippen LogP contribution in [-0.4, -0.2) is 49.2 Å². The molecule has 144 valence electrons. The summed E-state index contributed by atoms with van der Waals surface area (Å²) in [5.41, 5.74) is 1.69. The van der Waals surface area contributed by atoms with Crippen LogP contribution < -0.4 is 14.7 Å². The van der Waals surface area contributed by atoms with E-state index >= 15 is 0 Å². The van der Waals surface area contributed by atoms with Crippen LogP contribution >= 0.6 is 0 Å². The molecule has 6 heteroatoms. The molecule has 4 rings (SSSR count). The van der Waals surface area contributed by atoms with E-state index in [1.54, 1.807) is 6.07 Å². The van der Waals surface area contributed by atoms with Gasteiger partial charge in [0.1, 0.15) is 11.6 Å². The number of halogens is 1. The van der Waals surface area contributed by atoms with Gasteiger partial charge in [0.2, 0.25) is 5.95 Å². The van der Waals surface area contributed by atoms with Crippen LogP contribution in [0.25, 0.3) is 0 Å². The quantitative estimate of drug-likeness (QED) is 0.828. The van der Waals surface area contributed by atoms with Gasteiger partial charge >= 0.3 is 0 Å². The highest BCUT2D eigenvalue weighted by molar-refractivity contribution is 5.51. The minimum atomic E-state index is -0.153. The van der Waals surface area contributed by atoms with Gasteiger partial charge < -0.3 is 14.7 Å². The zero-order chi connectivity index (χ0) is 18.8. The summed E-state index contributed by atoms with van der Waals surface area (Å²) in [6.45, 7) is 9.63. The summed E-state index contributed by atoms with van der Waals surface area (Å²) < 4.78 is 14.1. The van der Waals surface area contributed by atoms with Gasteiger partial charge in [-0.1, -0.05) is 19.1 Å². The first kappa shape index (κ1) is 18.0. The van der Waals surface area contributed by atoms with Crippen LogP contribution in [-0.2, 0) is 0 Å². The Bertz CT molecular complexity index is 788. The van der Waals surface area contributed by atoms with Crippen LogP contribution in [0.2, 0.25) is 0 Å². The Morgan fingerprint density at radius 1 is 0.963 bits per heavy atom. The molecule has 27 heavy (non-hydrogen) atoms. The number of anilines is 3. The Morgan fingerprint density at radius 3 is 2.44 bits per heavy atom. The predicted molar refractivity (Wildman–Crippen MR) is 108 cm³/mol. The van der Waals surface area contributed by atoms with E-state index in [-0.39, 0.29) is 5.82 Å². The summed E-state index contributed by atoms with van der Waals surface area (Å²) in [5, 5.41) is 0. The van der Waals surface area contributed by atoms with Crippen molar-refractivity contribution >= 4 is 17.5 Å². The van der Waals surface area contributed by atoms with Crippen molar-refractivity contribution in [1.82, 2.24) is 9.97 Å². The second-order valence-corrected chi connectivity index (χ2v) is 7.79. The zero-order valence-electron chi connectivity index (χ0n) is 16.2. The van der Waals surface area contributed by atoms with Crippen molar-refractivity contribution in [3.63, 3.8) is 0 Å². The van der Waals surface area contributed by atoms with Crippen LogP contribution in [0, 0.1) is 18.7 Å². The lowest BCUT2D eigenvalue weighted by Crippen LogP contribution is -2.47. The number of nitrogens with zero attached hydrogens (tertiary/aromatic N) is 5. The Kier molecular flexibility index (Phi) is 5.14. The number of aromatic nitrogens is 2. The first-order chi connectivity index (χ1) is 13.1. The number of hydrogen-bond acceptors (Lipinski definition) is 5. The number of rotatable bonds is 3. The van der Waals surface area contributed by atoms with E-state index < -0.39 is 0 Å². The van der Waals surface area contributed by atoms with Crippen molar-refractivity contribution in [1.29, 1.82) is 0 Å². The molecular weight excluding hydrogens is 341 g/mol. The highest BCUT2D eigenvalue weighted by Crippen LogP contribution is 2.25. The largest absolute Gasteiger partial charge is 0.366 e. The first-order valence-electron chi connectivity index (χ1n) is 9.95. The normalized spacial score (nSPS) is 20.9. The molecule has 1 atom stereocenters. The highest BCUT2D eigenvalue weighted by atomic mass is 19.1. The van der Waals surface area contributed by atoms with E-state index in [2.05, 4.69) is 32.7 Å². The van der Waals surface area contributed by atoms with E-state index in [0.717, 1.165) is 56.7 Å². The van der Waals surface area contributed by atoms with Gasteiger partial charge in [-0.05, 0) is 37.8 Å². The number of piperidine rings is 1. The lowest BCUT2D eigenvalue weighted by atomic mass is 10.0. The van der Waals surface area contributed by atoms with Crippen molar-refractivity contribution < 1.29 is 4.39 Å². The molecule has 5 nitrogen and oxygen atoms in total. The molecule has 2 aromatic rings. The summed E-state index contributed by atoms with van der Waals surface area (Å²) in [6, 6.07) is 9.09. The molecule has 0 amide bonds. The van der Waals surface area contributed by atoms with Crippen molar-refractivity contribution in [2.24, 2.45) is 5.92 Å². The van der Waals surface area contributed by atoms with Crippen molar-refractivity contribution in [2.45, 2.75) is 26.7 Å². The zero-order valence-corrected chi connectivity index (χ0v) is 16.2. The van der Waals surface area contributed by atoms with E-state index in [1.807, 2.05) is 19.1 Å². The third-order valence-corrected chi connectivity index (χ3v) is 5.57. The molecule has 0 N–H and O–H groups in total. The summed E-state index contributed by atoms with van der Waals surface area (Å²) in [4.78, 5) is 16.3. The number of aryl methyl sites for hydroxylation is 1. The maximum absolute atomic E-state index is 14.1. The molecule has 2 saturated heterocycles. The molecule has 1 aromatic heterocycles. The van der Waals surface area contributed by atoms with Crippen LogP contribution in [0.1, 0.15) is 25.5 Å². The summed E-state index contributed by atoms with van der Waals surface area (Å²) in [6.07, 6.45) is 2.52. The number of piperazine rings is 1. The SMILES string of the molecule is Cc1cc(N2CCCC(C)C2)nc(N2CCN(c3ccccc3F)CC2)n1. The number of para-hydroxylation sites is 1. The molecule has 0 spiro atoms. The monoisotopic (exact) mass is 369 g/mol. The Balaban J connectivity index is 1.47. The first-order valence-corrected chi connectivity index (χ1v) is 9.95. The van der Waals surface area contributed by atoms with Crippen molar-refractivity contribution in [3.8, 4) is 0 Å². The number of benzene rings is 1. The van der Waals surface area contributed by atoms with Crippen LogP contribution in [0.4, 0.5) is 21.8 Å². The van der Waals surface area contributed by atoms with Gasteiger partial charge in [-0.3, -0.25) is 0 Å². The molecule has 1 unspecified atom stereocenters. The van der Waals surface area contributed by atoms with Gasteiger partial charge in [0, 0.05) is 51.0 Å². The van der Waals surface area contributed by atoms with Crippen molar-refractivity contribution in [3.05, 3.63) is 41.8 Å². The lowest BCUT2D eigenvalue weighted by Gasteiger charge is -2.37. The minimum Gasteiger partial charge on any atom is -0.366 e. The fourth-order valence-electron chi connectivity index (χ4n) is 4.09. The molecule has 2 fully saturated rings. The second kappa shape index (κ2) is 7.71. The summed E-state index contributed by atoms with van der Waals surface area (Å²) >= 11 is 0. The Labute approximate surface area is 160 Å². The van der Waals surface area contributed by atoms with Crippen molar-refractivity contribution in [2.75, 3.05) is 54.0 Å². The molecule has 0 radical (unpaired) electrons. The molecule has 2 aliphatic heterocycles. The second-order valence-electron chi connectivity index (χ2n) is 7.79. The summed E-state index contributed by atoms with van der Waals surface area (Å²) in [5.74, 6) is 2.40. The Hall–Kier alpha value is -2.37. The maximum Gasteiger partial charge on any atom is 0.227 e. The highest BCUT2D eigenvalue weighted by Gasteiger charge is 2.23. The van der Waals surface area contributed by atoms with E-state index in [0.29, 0.717) is 11.6 Å². The average Bonchev–Trinajstić information content (AvgIpc) is 2.68. The average molecular weight is 369 g/mol. The third kappa shape index (κ3) is 3.99. The van der Waals surface area contributed by atoms with Crippen LogP contribution in [0.3, 0.4) is 0 Å². The Morgan fingerprint density at radius 2 is 1.70 bits per heavy atom. The molecule has 1 aromatic carbocycles. The van der Waals surface area contributed by atoms with Gasteiger partial charge in [0.15, 0.2) is 0 Å². The molecular formula is C21H28FN5. The molecule has 2 aliphatic rings. The fourth-order valence-corrected chi connectivity index (χ4v) is 4.09. The number of hydrogen-bond donors (Lipinski definition) is 0.